The smallest absolute Gasteiger partial charge is 0.382 e. The van der Waals surface area contributed by atoms with E-state index in [0.717, 1.165) is 0 Å². The molecule has 3 nitrogen and oxygen atoms in total. The predicted molar refractivity (Wildman–Crippen MR) is 56.4 cm³/mol. The first kappa shape index (κ1) is 12.7. The molecule has 1 rings (SSSR count). The van der Waals surface area contributed by atoms with Crippen LogP contribution in [0.2, 0.25) is 5.02 Å². The van der Waals surface area contributed by atoms with Crippen LogP contribution in [0.3, 0.4) is 0 Å². The van der Waals surface area contributed by atoms with Gasteiger partial charge in [0.1, 0.15) is 0 Å². The van der Waals surface area contributed by atoms with Crippen LogP contribution in [0.15, 0.2) is 18.2 Å². The molecule has 0 aliphatic carbocycles. The average molecular weight is 250 g/mol. The lowest BCUT2D eigenvalue weighted by Crippen LogP contribution is -2.29. The number of carbonyl (C=O) groups excluding carboxylic acids is 1. The zero-order valence-corrected chi connectivity index (χ0v) is 9.22. The minimum atomic E-state index is -3.83. The average Bonchev–Trinajstić information content (AvgIpc) is 2.17. The highest BCUT2D eigenvalue weighted by atomic mass is 35.5. The molecule has 0 aliphatic rings. The van der Waals surface area contributed by atoms with Crippen molar-refractivity contribution in [3.63, 3.8) is 0 Å². The lowest BCUT2D eigenvalue weighted by Gasteiger charge is -2.17. The number of rotatable bonds is 3. The van der Waals surface area contributed by atoms with Crippen LogP contribution in [0.1, 0.15) is 12.5 Å². The Balaban J connectivity index is 3.21. The van der Waals surface area contributed by atoms with Crippen molar-refractivity contribution < 1.29 is 18.3 Å². The van der Waals surface area contributed by atoms with E-state index < -0.39 is 17.5 Å². The number of carbonyl (C=O) groups is 1. The summed E-state index contributed by atoms with van der Waals surface area (Å²) in [5.74, 6) is -5.49. The van der Waals surface area contributed by atoms with Gasteiger partial charge in [0, 0.05) is 5.69 Å². The van der Waals surface area contributed by atoms with Crippen molar-refractivity contribution in [3.05, 3.63) is 28.8 Å². The molecule has 1 aromatic rings. The number of hydrogen-bond acceptors (Lipinski definition) is 3. The summed E-state index contributed by atoms with van der Waals surface area (Å²) in [6.07, 6.45) is 0. The Labute approximate surface area is 96.1 Å². The van der Waals surface area contributed by atoms with Crippen LogP contribution < -0.4 is 5.73 Å². The summed E-state index contributed by atoms with van der Waals surface area (Å²) in [5, 5.41) is -0.266. The fraction of sp³-hybridized carbons (Fsp3) is 0.300. The van der Waals surface area contributed by atoms with Crippen molar-refractivity contribution in [1.29, 1.82) is 0 Å². The Bertz CT molecular complexity index is 390. The fourth-order valence-corrected chi connectivity index (χ4v) is 1.50. The summed E-state index contributed by atoms with van der Waals surface area (Å²) in [6.45, 7) is 1.29. The fourth-order valence-electron chi connectivity index (χ4n) is 1.20. The maximum Gasteiger partial charge on any atom is 0.382 e. The van der Waals surface area contributed by atoms with Crippen molar-refractivity contribution in [2.45, 2.75) is 12.8 Å². The summed E-state index contributed by atoms with van der Waals surface area (Å²) in [5.41, 5.74) is 4.41. The SMILES string of the molecule is CCOC(=O)C(F)(F)c1c(N)cccc1Cl. The lowest BCUT2D eigenvalue weighted by molar-refractivity contribution is -0.172. The Morgan fingerprint density at radius 1 is 1.56 bits per heavy atom. The summed E-state index contributed by atoms with van der Waals surface area (Å²) in [7, 11) is 0. The van der Waals surface area contributed by atoms with Gasteiger partial charge in [0.25, 0.3) is 0 Å². The molecule has 0 saturated heterocycles. The van der Waals surface area contributed by atoms with Gasteiger partial charge in [-0.1, -0.05) is 17.7 Å². The molecular formula is C10H10ClF2NO2. The van der Waals surface area contributed by atoms with Crippen LogP contribution in [0.4, 0.5) is 14.5 Å². The van der Waals surface area contributed by atoms with E-state index in [4.69, 9.17) is 17.3 Å². The Hall–Kier alpha value is -1.36. The molecule has 0 bridgehead atoms. The molecule has 16 heavy (non-hydrogen) atoms. The third-order valence-corrected chi connectivity index (χ3v) is 2.21. The molecule has 0 unspecified atom stereocenters. The summed E-state index contributed by atoms with van der Waals surface area (Å²) in [6, 6.07) is 3.90. The molecule has 0 radical (unpaired) electrons. The van der Waals surface area contributed by atoms with Gasteiger partial charge in [0.15, 0.2) is 0 Å². The highest BCUT2D eigenvalue weighted by Crippen LogP contribution is 2.38. The molecule has 2 N–H and O–H groups in total. The highest BCUT2D eigenvalue weighted by Gasteiger charge is 2.45. The van der Waals surface area contributed by atoms with E-state index in [1.54, 1.807) is 0 Å². The van der Waals surface area contributed by atoms with Gasteiger partial charge in [0.05, 0.1) is 17.2 Å². The summed E-state index contributed by atoms with van der Waals surface area (Å²) < 4.78 is 31.5. The number of halogens is 3. The van der Waals surface area contributed by atoms with Crippen molar-refractivity contribution in [2.24, 2.45) is 0 Å². The molecule has 1 aromatic carbocycles. The van der Waals surface area contributed by atoms with E-state index in [9.17, 15) is 13.6 Å². The molecule has 0 heterocycles. The maximum atomic E-state index is 13.6. The van der Waals surface area contributed by atoms with E-state index in [2.05, 4.69) is 4.74 Å². The van der Waals surface area contributed by atoms with Gasteiger partial charge in [-0.3, -0.25) is 0 Å². The normalized spacial score (nSPS) is 11.2. The lowest BCUT2D eigenvalue weighted by atomic mass is 10.1. The van der Waals surface area contributed by atoms with E-state index in [1.807, 2.05) is 0 Å². The number of nitrogens with two attached hydrogens (primary N) is 1. The van der Waals surface area contributed by atoms with Gasteiger partial charge < -0.3 is 10.5 Å². The van der Waals surface area contributed by atoms with E-state index in [1.165, 1.54) is 25.1 Å². The number of benzene rings is 1. The van der Waals surface area contributed by atoms with Crippen LogP contribution in [0.5, 0.6) is 0 Å². The quantitative estimate of drug-likeness (QED) is 0.662. The number of nitrogen functional groups attached to an aromatic ring is 1. The minimum absolute atomic E-state index is 0.140. The highest BCUT2D eigenvalue weighted by molar-refractivity contribution is 6.32. The van der Waals surface area contributed by atoms with E-state index in [0.29, 0.717) is 0 Å². The first-order valence-corrected chi connectivity index (χ1v) is 4.88. The first-order valence-electron chi connectivity index (χ1n) is 4.50. The summed E-state index contributed by atoms with van der Waals surface area (Å²) in [4.78, 5) is 11.1. The van der Waals surface area contributed by atoms with Gasteiger partial charge in [-0.15, -0.1) is 0 Å². The molecule has 0 spiro atoms. The second-order valence-corrected chi connectivity index (χ2v) is 3.41. The van der Waals surface area contributed by atoms with E-state index >= 15 is 0 Å². The Morgan fingerprint density at radius 2 is 2.19 bits per heavy atom. The molecule has 0 saturated carbocycles. The molecule has 0 atom stereocenters. The second-order valence-electron chi connectivity index (χ2n) is 3.00. The van der Waals surface area contributed by atoms with Crippen molar-refractivity contribution in [1.82, 2.24) is 0 Å². The van der Waals surface area contributed by atoms with Crippen LogP contribution in [-0.4, -0.2) is 12.6 Å². The maximum absolute atomic E-state index is 13.6. The standard InChI is InChI=1S/C10H10ClF2NO2/c1-2-16-9(15)10(12,13)8-6(11)4-3-5-7(8)14/h3-5H,2,14H2,1H3. The third kappa shape index (κ3) is 2.24. The van der Waals surface area contributed by atoms with Crippen LogP contribution in [0, 0.1) is 0 Å². The third-order valence-electron chi connectivity index (χ3n) is 1.89. The van der Waals surface area contributed by atoms with Gasteiger partial charge in [-0.25, -0.2) is 4.79 Å². The molecule has 0 aliphatic heterocycles. The van der Waals surface area contributed by atoms with E-state index in [-0.39, 0.29) is 17.3 Å². The summed E-state index contributed by atoms with van der Waals surface area (Å²) >= 11 is 5.59. The van der Waals surface area contributed by atoms with Crippen LogP contribution >= 0.6 is 11.6 Å². The number of hydrogen-bond donors (Lipinski definition) is 1. The second kappa shape index (κ2) is 4.65. The van der Waals surface area contributed by atoms with Gasteiger partial charge in [0.2, 0.25) is 0 Å². The Kier molecular flexibility index (Phi) is 3.70. The topological polar surface area (TPSA) is 52.3 Å². The van der Waals surface area contributed by atoms with Gasteiger partial charge in [-0.05, 0) is 19.1 Å². The van der Waals surface area contributed by atoms with Crippen molar-refractivity contribution in [3.8, 4) is 0 Å². The zero-order valence-electron chi connectivity index (χ0n) is 8.47. The van der Waals surface area contributed by atoms with Crippen molar-refractivity contribution >= 4 is 23.3 Å². The zero-order chi connectivity index (χ0) is 12.3. The molecule has 0 aromatic heterocycles. The molecule has 0 fully saturated rings. The Morgan fingerprint density at radius 3 is 2.69 bits per heavy atom. The van der Waals surface area contributed by atoms with Gasteiger partial charge >= 0.3 is 11.9 Å². The number of ether oxygens (including phenoxy) is 1. The molecular weight excluding hydrogens is 240 g/mol. The minimum Gasteiger partial charge on any atom is -0.461 e. The molecule has 88 valence electrons. The molecule has 0 amide bonds. The first-order chi connectivity index (χ1) is 7.41. The van der Waals surface area contributed by atoms with Crippen LogP contribution in [0.25, 0.3) is 0 Å². The number of esters is 1. The van der Waals surface area contributed by atoms with Crippen molar-refractivity contribution in [2.75, 3.05) is 12.3 Å². The largest absolute Gasteiger partial charge is 0.461 e. The predicted octanol–water partition coefficient (Wildman–Crippen LogP) is 2.58. The molecule has 6 heteroatoms. The van der Waals surface area contributed by atoms with Crippen LogP contribution in [-0.2, 0) is 15.5 Å². The monoisotopic (exact) mass is 249 g/mol. The number of anilines is 1. The number of alkyl halides is 2. The van der Waals surface area contributed by atoms with Gasteiger partial charge in [-0.2, -0.15) is 8.78 Å².